The van der Waals surface area contributed by atoms with E-state index in [1.54, 1.807) is 6.92 Å². The molecule has 0 aromatic heterocycles. The molecule has 0 atom stereocenters. The molecular weight excluding hydrogens is 290 g/mol. The minimum atomic E-state index is -0.276. The predicted molar refractivity (Wildman–Crippen MR) is 93.6 cm³/mol. The van der Waals surface area contributed by atoms with Crippen molar-refractivity contribution in [3.8, 4) is 0 Å². The summed E-state index contributed by atoms with van der Waals surface area (Å²) >= 11 is 0. The maximum Gasteiger partial charge on any atom is 0.266 e. The zero-order chi connectivity index (χ0) is 17.0. The van der Waals surface area contributed by atoms with E-state index in [0.717, 1.165) is 55.1 Å². The van der Waals surface area contributed by atoms with Crippen molar-refractivity contribution in [3.05, 3.63) is 63.4 Å². The average Bonchev–Trinajstić information content (AvgIpc) is 2.50. The first-order valence-corrected chi connectivity index (χ1v) is 7.93. The Kier molecular flexibility index (Phi) is 5.55. The van der Waals surface area contributed by atoms with E-state index >= 15 is 0 Å². The monoisotopic (exact) mass is 315 g/mol. The van der Waals surface area contributed by atoms with Gasteiger partial charge in [0.25, 0.3) is 5.70 Å². The molecule has 5 nitrogen and oxygen atoms in total. The Morgan fingerprint density at radius 1 is 1.22 bits per heavy atom. The van der Waals surface area contributed by atoms with Crippen molar-refractivity contribution in [1.29, 1.82) is 0 Å². The van der Waals surface area contributed by atoms with Crippen molar-refractivity contribution >= 4 is 5.70 Å². The minimum absolute atomic E-state index is 0.215. The van der Waals surface area contributed by atoms with E-state index in [0.29, 0.717) is 0 Å². The highest BCUT2D eigenvalue weighted by Gasteiger charge is 2.26. The molecule has 1 aliphatic rings. The van der Waals surface area contributed by atoms with Crippen molar-refractivity contribution in [2.75, 3.05) is 32.7 Å². The van der Waals surface area contributed by atoms with E-state index in [4.69, 9.17) is 0 Å². The van der Waals surface area contributed by atoms with Gasteiger partial charge in [0.05, 0.1) is 4.92 Å². The third-order valence-electron chi connectivity index (χ3n) is 4.20. The smallest absolute Gasteiger partial charge is 0.266 e. The van der Waals surface area contributed by atoms with E-state index in [9.17, 15) is 10.1 Å². The maximum atomic E-state index is 11.4. The summed E-state index contributed by atoms with van der Waals surface area (Å²) < 4.78 is 0. The third kappa shape index (κ3) is 4.20. The molecule has 5 heteroatoms. The molecule has 1 aromatic carbocycles. The van der Waals surface area contributed by atoms with Crippen LogP contribution >= 0.6 is 0 Å². The number of allylic oxidation sites excluding steroid dienone is 1. The highest BCUT2D eigenvalue weighted by atomic mass is 16.6. The van der Waals surface area contributed by atoms with E-state index < -0.39 is 0 Å². The third-order valence-corrected chi connectivity index (χ3v) is 4.20. The van der Waals surface area contributed by atoms with Gasteiger partial charge in [0.15, 0.2) is 0 Å². The van der Waals surface area contributed by atoms with Gasteiger partial charge >= 0.3 is 0 Å². The molecule has 124 valence electrons. The average molecular weight is 315 g/mol. The highest BCUT2D eigenvalue weighted by Crippen LogP contribution is 2.27. The predicted octanol–water partition coefficient (Wildman–Crippen LogP) is 3.15. The topological polar surface area (TPSA) is 49.6 Å². The summed E-state index contributed by atoms with van der Waals surface area (Å²) in [5.74, 6) is 0. The van der Waals surface area contributed by atoms with Crippen molar-refractivity contribution < 1.29 is 4.92 Å². The fraction of sp³-hybridized carbons (Fsp3) is 0.444. The molecule has 0 bridgehead atoms. The molecule has 0 aliphatic carbocycles. The summed E-state index contributed by atoms with van der Waals surface area (Å²) in [6, 6.07) is 7.87. The molecule has 0 saturated carbocycles. The SMILES string of the molecule is C=C(C)CN1CCN(/C(=C(/C)[N+](=O)[O-])c2ccccc2C)CC1. The first-order valence-electron chi connectivity index (χ1n) is 7.93. The second-order valence-corrected chi connectivity index (χ2v) is 6.23. The fourth-order valence-electron chi connectivity index (χ4n) is 3.03. The van der Waals surface area contributed by atoms with E-state index in [-0.39, 0.29) is 10.6 Å². The van der Waals surface area contributed by atoms with Crippen LogP contribution in [0.25, 0.3) is 5.70 Å². The molecule has 1 fully saturated rings. The van der Waals surface area contributed by atoms with Crippen LogP contribution in [0.2, 0.25) is 0 Å². The molecular formula is C18H25N3O2. The molecule has 1 aliphatic heterocycles. The zero-order valence-corrected chi connectivity index (χ0v) is 14.2. The number of nitrogens with zero attached hydrogens (tertiary/aromatic N) is 3. The summed E-state index contributed by atoms with van der Waals surface area (Å²) in [5, 5.41) is 11.4. The number of hydrogen-bond donors (Lipinski definition) is 0. The van der Waals surface area contributed by atoms with Gasteiger partial charge in [-0.3, -0.25) is 15.0 Å². The minimum Gasteiger partial charge on any atom is -0.363 e. The van der Waals surface area contributed by atoms with Crippen LogP contribution in [-0.2, 0) is 0 Å². The lowest BCUT2D eigenvalue weighted by molar-refractivity contribution is -0.424. The Balaban J connectivity index is 2.28. The summed E-state index contributed by atoms with van der Waals surface area (Å²) in [5.41, 5.74) is 4.13. The van der Waals surface area contributed by atoms with Crippen LogP contribution in [0.15, 0.2) is 42.1 Å². The molecule has 0 unspecified atom stereocenters. The summed E-state index contributed by atoms with van der Waals surface area (Å²) in [4.78, 5) is 15.6. The van der Waals surface area contributed by atoms with Gasteiger partial charge in [-0.2, -0.15) is 0 Å². The lowest BCUT2D eigenvalue weighted by atomic mass is 10.0. The van der Waals surface area contributed by atoms with Crippen LogP contribution in [0.3, 0.4) is 0 Å². The van der Waals surface area contributed by atoms with Crippen molar-refractivity contribution in [1.82, 2.24) is 9.80 Å². The van der Waals surface area contributed by atoms with Crippen LogP contribution in [0, 0.1) is 17.0 Å². The van der Waals surface area contributed by atoms with Crippen LogP contribution in [0.4, 0.5) is 0 Å². The largest absolute Gasteiger partial charge is 0.363 e. The molecule has 1 saturated heterocycles. The number of nitro groups is 1. The van der Waals surface area contributed by atoms with Crippen LogP contribution in [0.1, 0.15) is 25.0 Å². The van der Waals surface area contributed by atoms with Gasteiger partial charge in [0, 0.05) is 45.2 Å². The highest BCUT2D eigenvalue weighted by molar-refractivity contribution is 5.68. The molecule has 2 rings (SSSR count). The number of rotatable bonds is 5. The summed E-state index contributed by atoms with van der Waals surface area (Å²) in [7, 11) is 0. The van der Waals surface area contributed by atoms with Gasteiger partial charge in [-0.1, -0.05) is 36.4 Å². The quantitative estimate of drug-likeness (QED) is 0.476. The standard InChI is InChI=1S/C18H25N3O2/c1-14(2)13-19-9-11-20(12-10-19)18(16(4)21(22)23)17-8-6-5-7-15(17)3/h5-8H,1,9-13H2,2-4H3/b18-16-. The Labute approximate surface area is 138 Å². The Morgan fingerprint density at radius 2 is 1.83 bits per heavy atom. The fourth-order valence-corrected chi connectivity index (χ4v) is 3.03. The van der Waals surface area contributed by atoms with Crippen LogP contribution in [0.5, 0.6) is 0 Å². The van der Waals surface area contributed by atoms with Gasteiger partial charge in [-0.25, -0.2) is 0 Å². The Hall–Kier alpha value is -2.14. The normalized spacial score (nSPS) is 16.9. The van der Waals surface area contributed by atoms with Gasteiger partial charge in [-0.15, -0.1) is 0 Å². The molecule has 0 N–H and O–H groups in total. The van der Waals surface area contributed by atoms with Crippen molar-refractivity contribution in [2.45, 2.75) is 20.8 Å². The number of benzene rings is 1. The molecule has 0 amide bonds. The number of piperazine rings is 1. The lowest BCUT2D eigenvalue weighted by Crippen LogP contribution is -2.46. The first kappa shape index (κ1) is 17.2. The van der Waals surface area contributed by atoms with Gasteiger partial charge in [0.2, 0.25) is 0 Å². The molecule has 0 radical (unpaired) electrons. The molecule has 23 heavy (non-hydrogen) atoms. The molecule has 1 aromatic rings. The van der Waals surface area contributed by atoms with E-state index in [1.165, 1.54) is 0 Å². The Bertz CT molecular complexity index is 629. The maximum absolute atomic E-state index is 11.4. The van der Waals surface area contributed by atoms with Crippen molar-refractivity contribution in [3.63, 3.8) is 0 Å². The van der Waals surface area contributed by atoms with Gasteiger partial charge in [-0.05, 0) is 19.4 Å². The van der Waals surface area contributed by atoms with Gasteiger partial charge in [0.1, 0.15) is 5.70 Å². The first-order chi connectivity index (χ1) is 10.9. The second-order valence-electron chi connectivity index (χ2n) is 6.23. The zero-order valence-electron chi connectivity index (χ0n) is 14.2. The van der Waals surface area contributed by atoms with Crippen molar-refractivity contribution in [2.24, 2.45) is 0 Å². The van der Waals surface area contributed by atoms with Gasteiger partial charge < -0.3 is 4.90 Å². The summed E-state index contributed by atoms with van der Waals surface area (Å²) in [6.45, 7) is 13.9. The molecule has 1 heterocycles. The van der Waals surface area contributed by atoms with E-state index in [1.807, 2.05) is 38.1 Å². The number of hydrogen-bond acceptors (Lipinski definition) is 4. The summed E-state index contributed by atoms with van der Waals surface area (Å²) in [6.07, 6.45) is 0. The number of aryl methyl sites for hydroxylation is 1. The van der Waals surface area contributed by atoms with Crippen LogP contribution in [-0.4, -0.2) is 47.4 Å². The van der Waals surface area contributed by atoms with E-state index in [2.05, 4.69) is 16.4 Å². The Morgan fingerprint density at radius 3 is 2.35 bits per heavy atom. The molecule has 0 spiro atoms. The second kappa shape index (κ2) is 7.42. The lowest BCUT2D eigenvalue weighted by Gasteiger charge is -2.37. The van der Waals surface area contributed by atoms with Crippen LogP contribution < -0.4 is 0 Å².